The van der Waals surface area contributed by atoms with Crippen LogP contribution in [0.4, 0.5) is 18.0 Å². The minimum Gasteiger partial charge on any atom is -0.497 e. The Morgan fingerprint density at radius 2 is 2.00 bits per heavy atom. The molecule has 1 aromatic carbocycles. The zero-order valence-electron chi connectivity index (χ0n) is 20.8. The Hall–Kier alpha value is -2.33. The minimum atomic E-state index is -4.21. The van der Waals surface area contributed by atoms with E-state index in [2.05, 4.69) is 10.6 Å². The number of nitrogens with one attached hydrogen (secondary N) is 2. The summed E-state index contributed by atoms with van der Waals surface area (Å²) < 4.78 is 43.7. The third-order valence-corrected chi connectivity index (χ3v) is 8.06. The number of carbonyl (C=O) groups excluding carboxylic acids is 2. The molecule has 0 spiro atoms. The Bertz CT molecular complexity index is 941. The lowest BCUT2D eigenvalue weighted by Gasteiger charge is -2.61. The van der Waals surface area contributed by atoms with Crippen molar-refractivity contribution in [2.45, 2.75) is 75.6 Å². The van der Waals surface area contributed by atoms with Gasteiger partial charge in [0.05, 0.1) is 12.7 Å². The molecule has 7 nitrogen and oxygen atoms in total. The maximum Gasteiger partial charge on any atom is 0.389 e. The summed E-state index contributed by atoms with van der Waals surface area (Å²) in [5.41, 5.74) is -0.285. The minimum absolute atomic E-state index is 0.0354. The van der Waals surface area contributed by atoms with Gasteiger partial charge in [0.2, 0.25) is 5.91 Å². The first kappa shape index (κ1) is 27.3. The summed E-state index contributed by atoms with van der Waals surface area (Å²) in [4.78, 5) is 26.6. The normalized spacial score (nSPS) is 29.3. The second-order valence-electron chi connectivity index (χ2n) is 9.88. The van der Waals surface area contributed by atoms with E-state index in [-0.39, 0.29) is 19.4 Å². The number of fused-ring (bicyclic) bond motifs is 1. The van der Waals surface area contributed by atoms with Crippen molar-refractivity contribution in [2.75, 3.05) is 27.2 Å². The van der Waals surface area contributed by atoms with Gasteiger partial charge in [-0.15, -0.1) is 0 Å². The Labute approximate surface area is 204 Å². The number of nitrogens with zero attached hydrogens (tertiary/aromatic N) is 1. The van der Waals surface area contributed by atoms with E-state index >= 15 is 0 Å². The summed E-state index contributed by atoms with van der Waals surface area (Å²) >= 11 is 0. The van der Waals surface area contributed by atoms with Crippen LogP contribution >= 0.6 is 0 Å². The van der Waals surface area contributed by atoms with Gasteiger partial charge in [-0.3, -0.25) is 15.0 Å². The molecule has 2 aliphatic rings. The van der Waals surface area contributed by atoms with Crippen LogP contribution in [0.25, 0.3) is 0 Å². The molecule has 1 saturated heterocycles. The van der Waals surface area contributed by atoms with Crippen molar-refractivity contribution < 1.29 is 32.6 Å². The number of rotatable bonds is 6. The van der Waals surface area contributed by atoms with Crippen molar-refractivity contribution in [3.8, 4) is 5.75 Å². The van der Waals surface area contributed by atoms with E-state index in [9.17, 15) is 27.9 Å². The van der Waals surface area contributed by atoms with Crippen LogP contribution in [0, 0.1) is 12.8 Å². The molecule has 35 heavy (non-hydrogen) atoms. The van der Waals surface area contributed by atoms with Gasteiger partial charge in [0.1, 0.15) is 5.75 Å². The molecule has 1 saturated carbocycles. The quantitative estimate of drug-likeness (QED) is 0.556. The number of hydrogen-bond donors (Lipinski definition) is 3. The number of benzene rings is 1. The summed E-state index contributed by atoms with van der Waals surface area (Å²) in [6.45, 7) is 4.53. The monoisotopic (exact) mass is 499 g/mol. The Kier molecular flexibility index (Phi) is 8.06. The number of likely N-dealkylation sites (tertiary alicyclic amines) is 1. The van der Waals surface area contributed by atoms with Gasteiger partial charge < -0.3 is 15.2 Å². The molecule has 4 atom stereocenters. The van der Waals surface area contributed by atoms with Crippen molar-refractivity contribution in [1.29, 1.82) is 0 Å². The lowest BCUT2D eigenvalue weighted by Crippen LogP contribution is -2.70. The SMILES string of the molecule is CNC(=O)NC(=O)C1CCC2(O)C(C)N(CCCC(F)(F)F)CCC2(c2cc(OC)ccc2C)C1. The van der Waals surface area contributed by atoms with E-state index in [4.69, 9.17) is 4.74 Å². The number of carbonyl (C=O) groups is 2. The average molecular weight is 500 g/mol. The van der Waals surface area contributed by atoms with Gasteiger partial charge in [-0.05, 0) is 82.3 Å². The highest BCUT2D eigenvalue weighted by atomic mass is 19.4. The molecule has 10 heteroatoms. The van der Waals surface area contributed by atoms with Crippen LogP contribution in [0.2, 0.25) is 0 Å². The van der Waals surface area contributed by atoms with Crippen LogP contribution in [0.1, 0.15) is 56.6 Å². The summed E-state index contributed by atoms with van der Waals surface area (Å²) in [5.74, 6) is -0.270. The number of imide groups is 1. The first-order chi connectivity index (χ1) is 16.4. The number of halogens is 3. The predicted molar refractivity (Wildman–Crippen MR) is 125 cm³/mol. The standard InChI is InChI=1S/C25H36F3N3O4/c1-16-6-7-19(35-4)14-20(16)23-11-13-31(12-5-9-25(26,27)28)17(2)24(23,34)10-8-18(15-23)21(32)30-22(33)29-3/h6-7,14,17-18,34H,5,8-13,15H2,1-4H3,(H2,29,30,32,33). The maximum absolute atomic E-state index is 12.9. The van der Waals surface area contributed by atoms with Crippen molar-refractivity contribution in [3.63, 3.8) is 0 Å². The number of amides is 3. The molecule has 3 rings (SSSR count). The summed E-state index contributed by atoms with van der Waals surface area (Å²) in [5, 5.41) is 17.0. The molecule has 4 unspecified atom stereocenters. The van der Waals surface area contributed by atoms with Gasteiger partial charge in [-0.25, -0.2) is 4.79 Å². The van der Waals surface area contributed by atoms with Crippen molar-refractivity contribution in [3.05, 3.63) is 29.3 Å². The third kappa shape index (κ3) is 5.43. The predicted octanol–water partition coefficient (Wildman–Crippen LogP) is 3.66. The van der Waals surface area contributed by atoms with Crippen molar-refractivity contribution in [1.82, 2.24) is 15.5 Å². The highest BCUT2D eigenvalue weighted by Gasteiger charge is 2.61. The Morgan fingerprint density at radius 1 is 1.29 bits per heavy atom. The first-order valence-electron chi connectivity index (χ1n) is 12.1. The number of methoxy groups -OCH3 is 1. The van der Waals surface area contributed by atoms with E-state index in [1.54, 1.807) is 7.11 Å². The average Bonchev–Trinajstić information content (AvgIpc) is 2.80. The van der Waals surface area contributed by atoms with E-state index < -0.39 is 47.5 Å². The number of ether oxygens (including phenoxy) is 1. The molecule has 1 aliphatic carbocycles. The highest BCUT2D eigenvalue weighted by Crippen LogP contribution is 2.56. The largest absolute Gasteiger partial charge is 0.497 e. The van der Waals surface area contributed by atoms with E-state index in [0.717, 1.165) is 11.1 Å². The van der Waals surface area contributed by atoms with E-state index in [0.29, 0.717) is 31.6 Å². The zero-order valence-corrected chi connectivity index (χ0v) is 20.8. The number of piperidine rings is 1. The first-order valence-corrected chi connectivity index (χ1v) is 12.1. The second-order valence-corrected chi connectivity index (χ2v) is 9.88. The number of hydrogen-bond acceptors (Lipinski definition) is 5. The van der Waals surface area contributed by atoms with Crippen LogP contribution in [-0.2, 0) is 10.2 Å². The third-order valence-electron chi connectivity index (χ3n) is 8.06. The highest BCUT2D eigenvalue weighted by molar-refractivity contribution is 5.95. The Morgan fingerprint density at radius 3 is 2.63 bits per heavy atom. The van der Waals surface area contributed by atoms with Crippen LogP contribution in [0.5, 0.6) is 5.75 Å². The molecule has 3 amide bonds. The smallest absolute Gasteiger partial charge is 0.389 e. The van der Waals surface area contributed by atoms with Gasteiger partial charge in [0, 0.05) is 30.8 Å². The summed E-state index contributed by atoms with van der Waals surface area (Å²) in [6.07, 6.45) is -3.67. The molecule has 0 bridgehead atoms. The van der Waals surface area contributed by atoms with Crippen LogP contribution < -0.4 is 15.4 Å². The molecule has 1 heterocycles. The summed E-state index contributed by atoms with van der Waals surface area (Å²) in [7, 11) is 2.99. The van der Waals surface area contributed by atoms with Crippen LogP contribution in [0.15, 0.2) is 18.2 Å². The molecule has 0 radical (unpaired) electrons. The van der Waals surface area contributed by atoms with Crippen LogP contribution in [0.3, 0.4) is 0 Å². The number of alkyl halides is 3. The number of aliphatic hydroxyl groups is 1. The molecule has 196 valence electrons. The van der Waals surface area contributed by atoms with Gasteiger partial charge in [-0.2, -0.15) is 13.2 Å². The fourth-order valence-corrected chi connectivity index (χ4v) is 6.10. The lowest BCUT2D eigenvalue weighted by atomic mass is 9.51. The molecule has 2 fully saturated rings. The van der Waals surface area contributed by atoms with E-state index in [1.807, 2.05) is 36.9 Å². The lowest BCUT2D eigenvalue weighted by molar-refractivity contribution is -0.169. The molecule has 1 aromatic rings. The molecular formula is C25H36F3N3O4. The van der Waals surface area contributed by atoms with Crippen molar-refractivity contribution >= 4 is 11.9 Å². The fourth-order valence-electron chi connectivity index (χ4n) is 6.10. The topological polar surface area (TPSA) is 90.9 Å². The second kappa shape index (κ2) is 10.3. The molecule has 3 N–H and O–H groups in total. The van der Waals surface area contributed by atoms with Gasteiger partial charge >= 0.3 is 12.2 Å². The van der Waals surface area contributed by atoms with Gasteiger partial charge in [0.25, 0.3) is 0 Å². The molecule has 0 aromatic heterocycles. The van der Waals surface area contributed by atoms with E-state index in [1.165, 1.54) is 7.05 Å². The molecule has 1 aliphatic heterocycles. The maximum atomic E-state index is 12.9. The fraction of sp³-hybridized carbons (Fsp3) is 0.680. The summed E-state index contributed by atoms with van der Waals surface area (Å²) in [6, 6.07) is 4.64. The number of urea groups is 1. The van der Waals surface area contributed by atoms with Crippen molar-refractivity contribution in [2.24, 2.45) is 5.92 Å². The van der Waals surface area contributed by atoms with Gasteiger partial charge in [-0.1, -0.05) is 6.07 Å². The Balaban J connectivity index is 1.98. The van der Waals surface area contributed by atoms with Gasteiger partial charge in [0.15, 0.2) is 0 Å². The van der Waals surface area contributed by atoms with Crippen LogP contribution in [-0.4, -0.2) is 67.0 Å². The molecular weight excluding hydrogens is 463 g/mol. The zero-order chi connectivity index (χ0) is 26.0. The number of aryl methyl sites for hydroxylation is 1.